The van der Waals surface area contributed by atoms with Gasteiger partial charge in [0.05, 0.1) is 29.9 Å². The Morgan fingerprint density at radius 3 is 2.56 bits per heavy atom. The quantitative estimate of drug-likeness (QED) is 0.706. The van der Waals surface area contributed by atoms with Crippen LogP contribution < -0.4 is 4.90 Å². The molecular weight excluding hydrogens is 357 g/mol. The van der Waals surface area contributed by atoms with Crippen LogP contribution in [0.3, 0.4) is 0 Å². The first kappa shape index (κ1) is 17.1. The van der Waals surface area contributed by atoms with Crippen LogP contribution in [0.4, 0.5) is 18.9 Å². The normalized spacial score (nSPS) is 13.7. The van der Waals surface area contributed by atoms with Crippen LogP contribution in [0.2, 0.25) is 0 Å². The second kappa shape index (κ2) is 6.46. The number of aromatic nitrogens is 3. The number of hydrogen-bond donors (Lipinski definition) is 0. The lowest BCUT2D eigenvalue weighted by molar-refractivity contribution is -0.137. The van der Waals surface area contributed by atoms with Crippen LogP contribution >= 0.6 is 0 Å². The summed E-state index contributed by atoms with van der Waals surface area (Å²) in [5.74, 6) is -0.123. The van der Waals surface area contributed by atoms with Crippen molar-refractivity contribution in [2.75, 3.05) is 4.90 Å². The third kappa shape index (κ3) is 3.38. The molecule has 3 heterocycles. The molecule has 3 aromatic rings. The van der Waals surface area contributed by atoms with Crippen LogP contribution in [0, 0.1) is 0 Å². The maximum atomic E-state index is 13.0. The maximum absolute atomic E-state index is 13.0. The third-order valence-electron chi connectivity index (χ3n) is 4.34. The molecule has 136 valence electrons. The number of nitrogens with zero attached hydrogens (tertiary/aromatic N) is 4. The van der Waals surface area contributed by atoms with E-state index < -0.39 is 11.7 Å². The first-order valence-electron chi connectivity index (χ1n) is 8.12. The number of anilines is 1. The van der Waals surface area contributed by atoms with Gasteiger partial charge in [-0.1, -0.05) is 12.1 Å². The van der Waals surface area contributed by atoms with Gasteiger partial charge in [0.1, 0.15) is 6.33 Å². The van der Waals surface area contributed by atoms with E-state index in [1.165, 1.54) is 18.6 Å². The molecule has 27 heavy (non-hydrogen) atoms. The van der Waals surface area contributed by atoms with Gasteiger partial charge in [-0.05, 0) is 23.8 Å². The Balaban J connectivity index is 1.70. The molecule has 1 aromatic carbocycles. The number of halogens is 3. The van der Waals surface area contributed by atoms with Crippen LogP contribution in [0.25, 0.3) is 11.1 Å². The number of benzene rings is 1. The predicted octanol–water partition coefficient (Wildman–Crippen LogP) is 3.65. The molecule has 0 N–H and O–H groups in total. The lowest BCUT2D eigenvalue weighted by atomic mass is 10.0. The van der Waals surface area contributed by atoms with E-state index in [0.29, 0.717) is 22.5 Å². The number of rotatable bonds is 3. The van der Waals surface area contributed by atoms with Crippen molar-refractivity contribution in [1.82, 2.24) is 15.0 Å². The van der Waals surface area contributed by atoms with Crippen molar-refractivity contribution >= 4 is 11.6 Å². The van der Waals surface area contributed by atoms with Crippen molar-refractivity contribution < 1.29 is 18.0 Å². The Hall–Kier alpha value is -3.29. The second-order valence-electron chi connectivity index (χ2n) is 6.17. The largest absolute Gasteiger partial charge is 0.416 e. The van der Waals surface area contributed by atoms with E-state index in [4.69, 9.17) is 0 Å². The first-order chi connectivity index (χ1) is 12.9. The Bertz CT molecular complexity index is 1010. The molecule has 0 radical (unpaired) electrons. The Morgan fingerprint density at radius 2 is 1.81 bits per heavy atom. The number of alkyl halides is 3. The molecule has 0 saturated heterocycles. The zero-order chi connectivity index (χ0) is 19.0. The molecule has 0 fully saturated rings. The summed E-state index contributed by atoms with van der Waals surface area (Å²) in [5.41, 5.74) is 2.13. The molecule has 8 heteroatoms. The van der Waals surface area contributed by atoms with Gasteiger partial charge in [0.15, 0.2) is 0 Å². The predicted molar refractivity (Wildman–Crippen MR) is 91.6 cm³/mol. The summed E-state index contributed by atoms with van der Waals surface area (Å²) < 4.78 is 38.9. The third-order valence-corrected chi connectivity index (χ3v) is 4.34. The van der Waals surface area contributed by atoms with E-state index in [9.17, 15) is 18.0 Å². The number of hydrogen-bond acceptors (Lipinski definition) is 4. The molecular formula is C19H13F3N4O. The maximum Gasteiger partial charge on any atom is 0.416 e. The Morgan fingerprint density at radius 1 is 1.04 bits per heavy atom. The molecule has 2 aromatic heterocycles. The minimum Gasteiger partial charge on any atom is -0.306 e. The molecule has 4 rings (SSSR count). The van der Waals surface area contributed by atoms with Gasteiger partial charge in [0, 0.05) is 29.7 Å². The van der Waals surface area contributed by atoms with Crippen molar-refractivity contribution in [2.45, 2.75) is 19.1 Å². The lowest BCUT2D eigenvalue weighted by Crippen LogP contribution is -2.26. The van der Waals surface area contributed by atoms with E-state index >= 15 is 0 Å². The highest BCUT2D eigenvalue weighted by Crippen LogP contribution is 2.35. The summed E-state index contributed by atoms with van der Waals surface area (Å²) in [7, 11) is 0. The summed E-state index contributed by atoms with van der Waals surface area (Å²) in [6.45, 7) is 0.278. The molecule has 0 atom stereocenters. The molecule has 0 aliphatic carbocycles. The fourth-order valence-corrected chi connectivity index (χ4v) is 3.02. The highest BCUT2D eigenvalue weighted by molar-refractivity contribution is 6.01. The molecule has 0 saturated carbocycles. The number of fused-ring (bicyclic) bond motifs is 1. The van der Waals surface area contributed by atoms with Crippen LogP contribution in [-0.2, 0) is 23.9 Å². The second-order valence-corrected chi connectivity index (χ2v) is 6.17. The molecule has 1 aliphatic rings. The summed E-state index contributed by atoms with van der Waals surface area (Å²) >= 11 is 0. The van der Waals surface area contributed by atoms with E-state index in [2.05, 4.69) is 15.0 Å². The highest BCUT2D eigenvalue weighted by Gasteiger charge is 2.31. The van der Waals surface area contributed by atoms with Gasteiger partial charge in [-0.2, -0.15) is 13.2 Å². The average Bonchev–Trinajstić information content (AvgIpc) is 2.97. The van der Waals surface area contributed by atoms with Crippen LogP contribution in [-0.4, -0.2) is 20.9 Å². The monoisotopic (exact) mass is 370 g/mol. The van der Waals surface area contributed by atoms with E-state index in [1.54, 1.807) is 29.4 Å². The smallest absolute Gasteiger partial charge is 0.306 e. The van der Waals surface area contributed by atoms with Crippen molar-refractivity contribution in [3.63, 3.8) is 0 Å². The fraction of sp³-hybridized carbons (Fsp3) is 0.158. The van der Waals surface area contributed by atoms with Crippen LogP contribution in [0.5, 0.6) is 0 Å². The van der Waals surface area contributed by atoms with Gasteiger partial charge >= 0.3 is 6.18 Å². The molecule has 0 bridgehead atoms. The first-order valence-corrected chi connectivity index (χ1v) is 8.12. The summed E-state index contributed by atoms with van der Waals surface area (Å²) in [6, 6.07) is 6.75. The lowest BCUT2D eigenvalue weighted by Gasteiger charge is -2.17. The Labute approximate surface area is 152 Å². The minimum atomic E-state index is -4.42. The average molecular weight is 370 g/mol. The van der Waals surface area contributed by atoms with Gasteiger partial charge in [0.25, 0.3) is 0 Å². The highest BCUT2D eigenvalue weighted by atomic mass is 19.4. The number of pyridine rings is 1. The SMILES string of the molecule is O=C1Cc2ncc(-c3cccc(C(F)(F)F)c3)cc2N1Cc1cncnc1. The van der Waals surface area contributed by atoms with Gasteiger partial charge in [0.2, 0.25) is 5.91 Å². The van der Waals surface area contributed by atoms with Crippen LogP contribution in [0.15, 0.2) is 55.2 Å². The van der Waals surface area contributed by atoms with Gasteiger partial charge in [-0.15, -0.1) is 0 Å². The number of carbonyl (C=O) groups excluding carboxylic acids is 1. The van der Waals surface area contributed by atoms with E-state index in [0.717, 1.165) is 17.7 Å². The minimum absolute atomic E-state index is 0.123. The number of amides is 1. The van der Waals surface area contributed by atoms with Crippen LogP contribution in [0.1, 0.15) is 16.8 Å². The standard InChI is InChI=1S/C19H13F3N4O/c20-19(21,22)15-3-1-2-13(4-15)14-5-17-16(25-9-14)6-18(27)26(17)10-12-7-23-11-24-8-12/h1-5,7-9,11H,6,10H2. The Kier molecular flexibility index (Phi) is 4.10. The summed E-state index contributed by atoms with van der Waals surface area (Å²) in [5, 5.41) is 0. The van der Waals surface area contributed by atoms with Crippen molar-refractivity contribution in [3.8, 4) is 11.1 Å². The molecule has 0 spiro atoms. The molecule has 5 nitrogen and oxygen atoms in total. The summed E-state index contributed by atoms with van der Waals surface area (Å²) in [4.78, 5) is 26.1. The molecule has 1 aliphatic heterocycles. The zero-order valence-electron chi connectivity index (χ0n) is 13.9. The van der Waals surface area contributed by atoms with Crippen molar-refractivity contribution in [3.05, 3.63) is 72.1 Å². The van der Waals surface area contributed by atoms with Gasteiger partial charge < -0.3 is 4.90 Å². The van der Waals surface area contributed by atoms with Crippen molar-refractivity contribution in [2.24, 2.45) is 0 Å². The van der Waals surface area contributed by atoms with Crippen molar-refractivity contribution in [1.29, 1.82) is 0 Å². The van der Waals surface area contributed by atoms with Gasteiger partial charge in [-0.25, -0.2) is 9.97 Å². The topological polar surface area (TPSA) is 59.0 Å². The fourth-order valence-electron chi connectivity index (χ4n) is 3.02. The number of carbonyl (C=O) groups is 1. The van der Waals surface area contributed by atoms with Gasteiger partial charge in [-0.3, -0.25) is 9.78 Å². The zero-order valence-corrected chi connectivity index (χ0v) is 13.9. The van der Waals surface area contributed by atoms with E-state index in [1.807, 2.05) is 0 Å². The molecule has 0 unspecified atom stereocenters. The van der Waals surface area contributed by atoms with E-state index in [-0.39, 0.29) is 18.9 Å². The summed E-state index contributed by atoms with van der Waals surface area (Å²) in [6.07, 6.45) is 1.86. The molecule has 1 amide bonds.